The second-order valence-corrected chi connectivity index (χ2v) is 5.11. The maximum atomic E-state index is 11.5. The topological polar surface area (TPSA) is 29.5 Å². The summed E-state index contributed by atoms with van der Waals surface area (Å²) in [6.45, 7) is 4.58. The molecule has 18 heavy (non-hydrogen) atoms. The molecular weight excluding hydrogens is 226 g/mol. The molecular formula is C15H21NO2. The monoisotopic (exact) mass is 247 g/mol. The molecule has 1 aliphatic rings. The van der Waals surface area contributed by atoms with Crippen molar-refractivity contribution in [3.63, 3.8) is 0 Å². The van der Waals surface area contributed by atoms with E-state index in [2.05, 4.69) is 11.9 Å². The third-order valence-corrected chi connectivity index (χ3v) is 3.58. The lowest BCUT2D eigenvalue weighted by Crippen LogP contribution is -2.32. The predicted molar refractivity (Wildman–Crippen MR) is 72.2 cm³/mol. The first-order chi connectivity index (χ1) is 8.66. The summed E-state index contributed by atoms with van der Waals surface area (Å²) in [4.78, 5) is 13.8. The van der Waals surface area contributed by atoms with Gasteiger partial charge in [-0.3, -0.25) is 4.79 Å². The first-order valence-corrected chi connectivity index (χ1v) is 6.58. The number of ketones is 1. The van der Waals surface area contributed by atoms with Crippen LogP contribution in [0.2, 0.25) is 0 Å². The van der Waals surface area contributed by atoms with E-state index in [9.17, 15) is 4.79 Å². The van der Waals surface area contributed by atoms with Crippen LogP contribution in [0, 0.1) is 5.92 Å². The summed E-state index contributed by atoms with van der Waals surface area (Å²) in [5.41, 5.74) is 0.686. The van der Waals surface area contributed by atoms with Crippen molar-refractivity contribution in [3.8, 4) is 5.75 Å². The Balaban J connectivity index is 1.92. The van der Waals surface area contributed by atoms with Gasteiger partial charge in [0, 0.05) is 0 Å². The van der Waals surface area contributed by atoms with Gasteiger partial charge in [0.2, 0.25) is 0 Å². The summed E-state index contributed by atoms with van der Waals surface area (Å²) in [5.74, 6) is 1.40. The number of carbonyl (C=O) groups excluding carboxylic acids is 1. The Bertz CT molecular complexity index is 409. The molecule has 0 N–H and O–H groups in total. The van der Waals surface area contributed by atoms with Crippen LogP contribution in [0.3, 0.4) is 0 Å². The van der Waals surface area contributed by atoms with Gasteiger partial charge in [-0.15, -0.1) is 0 Å². The average Bonchev–Trinajstić information content (AvgIpc) is 2.38. The lowest BCUT2D eigenvalue weighted by atomic mass is 9.98. The zero-order valence-corrected chi connectivity index (χ0v) is 11.2. The maximum Gasteiger partial charge on any atom is 0.163 e. The first-order valence-electron chi connectivity index (χ1n) is 6.58. The Morgan fingerprint density at radius 1 is 1.33 bits per heavy atom. The van der Waals surface area contributed by atoms with E-state index in [1.54, 1.807) is 6.92 Å². The van der Waals surface area contributed by atoms with E-state index in [1.807, 2.05) is 24.3 Å². The van der Waals surface area contributed by atoms with Crippen molar-refractivity contribution >= 4 is 5.78 Å². The maximum absolute atomic E-state index is 11.5. The van der Waals surface area contributed by atoms with Crippen LogP contribution < -0.4 is 4.74 Å². The molecule has 0 radical (unpaired) electrons. The van der Waals surface area contributed by atoms with Crippen LogP contribution in [-0.2, 0) is 0 Å². The van der Waals surface area contributed by atoms with Gasteiger partial charge in [0.1, 0.15) is 5.75 Å². The minimum atomic E-state index is 0.0639. The van der Waals surface area contributed by atoms with Gasteiger partial charge < -0.3 is 9.64 Å². The zero-order chi connectivity index (χ0) is 13.0. The Labute approximate surface area is 109 Å². The number of rotatable bonds is 4. The molecule has 98 valence electrons. The molecule has 0 bridgehead atoms. The van der Waals surface area contributed by atoms with Crippen molar-refractivity contribution in [3.05, 3.63) is 29.8 Å². The van der Waals surface area contributed by atoms with Crippen molar-refractivity contribution in [2.75, 3.05) is 26.7 Å². The highest BCUT2D eigenvalue weighted by atomic mass is 16.5. The molecule has 1 aromatic rings. The number of nitrogens with zero attached hydrogens (tertiary/aromatic N) is 1. The van der Waals surface area contributed by atoms with E-state index in [-0.39, 0.29) is 5.78 Å². The lowest BCUT2D eigenvalue weighted by molar-refractivity contribution is 0.101. The Kier molecular flexibility index (Phi) is 4.37. The molecule has 0 amide bonds. The molecule has 1 aromatic carbocycles. The van der Waals surface area contributed by atoms with Crippen LogP contribution in [0.25, 0.3) is 0 Å². The quantitative estimate of drug-likeness (QED) is 0.766. The number of hydrogen-bond acceptors (Lipinski definition) is 3. The van der Waals surface area contributed by atoms with Gasteiger partial charge in [-0.05, 0) is 58.0 Å². The van der Waals surface area contributed by atoms with Crippen molar-refractivity contribution in [1.29, 1.82) is 0 Å². The fraction of sp³-hybridized carbons (Fsp3) is 0.533. The third kappa shape index (κ3) is 3.33. The fourth-order valence-corrected chi connectivity index (χ4v) is 2.32. The third-order valence-electron chi connectivity index (χ3n) is 3.58. The smallest absolute Gasteiger partial charge is 0.163 e. The second kappa shape index (κ2) is 6.01. The van der Waals surface area contributed by atoms with Gasteiger partial charge in [-0.25, -0.2) is 0 Å². The van der Waals surface area contributed by atoms with Crippen LogP contribution in [0.5, 0.6) is 5.75 Å². The number of para-hydroxylation sites is 1. The molecule has 1 aliphatic heterocycles. The van der Waals surface area contributed by atoms with Crippen LogP contribution in [0.15, 0.2) is 24.3 Å². The summed E-state index contributed by atoms with van der Waals surface area (Å²) >= 11 is 0. The minimum Gasteiger partial charge on any atom is -0.493 e. The van der Waals surface area contributed by atoms with Gasteiger partial charge in [0.25, 0.3) is 0 Å². The molecule has 1 heterocycles. The summed E-state index contributed by atoms with van der Waals surface area (Å²) < 4.78 is 5.83. The highest BCUT2D eigenvalue weighted by molar-refractivity contribution is 5.96. The second-order valence-electron chi connectivity index (χ2n) is 5.11. The van der Waals surface area contributed by atoms with E-state index >= 15 is 0 Å². The number of ether oxygens (including phenoxy) is 1. The average molecular weight is 247 g/mol. The normalized spacial score (nSPS) is 17.7. The van der Waals surface area contributed by atoms with Crippen LogP contribution >= 0.6 is 0 Å². The van der Waals surface area contributed by atoms with E-state index in [4.69, 9.17) is 4.74 Å². The summed E-state index contributed by atoms with van der Waals surface area (Å²) in [7, 11) is 2.15. The van der Waals surface area contributed by atoms with Crippen molar-refractivity contribution < 1.29 is 9.53 Å². The minimum absolute atomic E-state index is 0.0639. The van der Waals surface area contributed by atoms with Crippen molar-refractivity contribution in [2.45, 2.75) is 19.8 Å². The van der Waals surface area contributed by atoms with Crippen molar-refractivity contribution in [2.24, 2.45) is 5.92 Å². The first kappa shape index (κ1) is 13.1. The van der Waals surface area contributed by atoms with Crippen LogP contribution in [0.1, 0.15) is 30.1 Å². The van der Waals surface area contributed by atoms with Crippen LogP contribution in [-0.4, -0.2) is 37.4 Å². The summed E-state index contributed by atoms with van der Waals surface area (Å²) in [6.07, 6.45) is 2.36. The fourth-order valence-electron chi connectivity index (χ4n) is 2.32. The Morgan fingerprint density at radius 2 is 2.00 bits per heavy atom. The standard InChI is InChI=1S/C15H21NO2/c1-12(17)14-5-3-4-6-15(14)18-11-13-7-9-16(2)10-8-13/h3-6,13H,7-11H2,1-2H3. The molecule has 0 aromatic heterocycles. The lowest BCUT2D eigenvalue weighted by Gasteiger charge is -2.28. The van der Waals surface area contributed by atoms with E-state index in [0.717, 1.165) is 25.4 Å². The largest absolute Gasteiger partial charge is 0.493 e. The molecule has 0 unspecified atom stereocenters. The number of hydrogen-bond donors (Lipinski definition) is 0. The van der Waals surface area contributed by atoms with Gasteiger partial charge >= 0.3 is 0 Å². The molecule has 0 spiro atoms. The number of Topliss-reactive ketones (excluding diaryl/α,β-unsaturated/α-hetero) is 1. The van der Waals surface area contributed by atoms with Crippen molar-refractivity contribution in [1.82, 2.24) is 4.90 Å². The zero-order valence-electron chi connectivity index (χ0n) is 11.2. The van der Waals surface area contributed by atoms with E-state index in [0.29, 0.717) is 11.5 Å². The molecule has 0 atom stereocenters. The van der Waals surface area contributed by atoms with Crippen LogP contribution in [0.4, 0.5) is 0 Å². The number of piperidine rings is 1. The van der Waals surface area contributed by atoms with E-state index < -0.39 is 0 Å². The number of likely N-dealkylation sites (tertiary alicyclic amines) is 1. The molecule has 2 rings (SSSR count). The molecule has 3 nitrogen and oxygen atoms in total. The molecule has 3 heteroatoms. The SMILES string of the molecule is CC(=O)c1ccccc1OCC1CCN(C)CC1. The Morgan fingerprint density at radius 3 is 2.67 bits per heavy atom. The molecule has 0 saturated carbocycles. The number of carbonyl (C=O) groups is 1. The molecule has 1 fully saturated rings. The van der Waals surface area contributed by atoms with Gasteiger partial charge in [-0.1, -0.05) is 12.1 Å². The van der Waals surface area contributed by atoms with E-state index in [1.165, 1.54) is 12.8 Å². The number of benzene rings is 1. The predicted octanol–water partition coefficient (Wildman–Crippen LogP) is 2.61. The summed E-state index contributed by atoms with van der Waals surface area (Å²) in [6, 6.07) is 7.49. The summed E-state index contributed by atoms with van der Waals surface area (Å²) in [5, 5.41) is 0. The molecule has 0 aliphatic carbocycles. The van der Waals surface area contributed by atoms with Gasteiger partial charge in [-0.2, -0.15) is 0 Å². The molecule has 1 saturated heterocycles. The van der Waals surface area contributed by atoms with Gasteiger partial charge in [0.05, 0.1) is 12.2 Å². The Hall–Kier alpha value is -1.35. The highest BCUT2D eigenvalue weighted by Gasteiger charge is 2.18. The highest BCUT2D eigenvalue weighted by Crippen LogP contribution is 2.22. The van der Waals surface area contributed by atoms with Gasteiger partial charge in [0.15, 0.2) is 5.78 Å².